The van der Waals surface area contributed by atoms with E-state index in [1.165, 1.54) is 7.11 Å². The highest BCUT2D eigenvalue weighted by Crippen LogP contribution is 2.26. The second-order valence-electron chi connectivity index (χ2n) is 4.42. The van der Waals surface area contributed by atoms with Gasteiger partial charge in [0.2, 0.25) is 0 Å². The minimum atomic E-state index is -0.325. The minimum absolute atomic E-state index is 0.141. The Bertz CT molecular complexity index is 441. The Kier molecular flexibility index (Phi) is 4.58. The summed E-state index contributed by atoms with van der Waals surface area (Å²) in [5, 5.41) is 0. The first-order chi connectivity index (χ1) is 9.24. The molecule has 3 atom stereocenters. The van der Waals surface area contributed by atoms with Gasteiger partial charge in [-0.2, -0.15) is 0 Å². The van der Waals surface area contributed by atoms with Gasteiger partial charge in [0.05, 0.1) is 19.1 Å². The van der Waals surface area contributed by atoms with E-state index < -0.39 is 0 Å². The molecule has 1 aromatic rings. The molecule has 0 saturated heterocycles. The van der Waals surface area contributed by atoms with Crippen LogP contribution in [0.15, 0.2) is 42.5 Å². The molecule has 0 aromatic heterocycles. The maximum Gasteiger partial charge on any atom is 0.311 e. The number of ether oxygens (including phenoxy) is 3. The molecule has 0 heterocycles. The summed E-state index contributed by atoms with van der Waals surface area (Å²) in [5.74, 6) is 0.197. The van der Waals surface area contributed by atoms with Crippen LogP contribution in [0, 0.1) is 5.92 Å². The van der Waals surface area contributed by atoms with Crippen LogP contribution in [0.4, 0.5) is 0 Å². The van der Waals surface area contributed by atoms with Crippen molar-refractivity contribution < 1.29 is 19.0 Å². The lowest BCUT2D eigenvalue weighted by Crippen LogP contribution is -2.37. The zero-order chi connectivity index (χ0) is 13.7. The monoisotopic (exact) mass is 262 g/mol. The van der Waals surface area contributed by atoms with Crippen LogP contribution in [0.25, 0.3) is 0 Å². The maximum atomic E-state index is 11.7. The Balaban J connectivity index is 2.06. The Labute approximate surface area is 113 Å². The molecule has 0 saturated carbocycles. The van der Waals surface area contributed by atoms with Gasteiger partial charge in [0.1, 0.15) is 11.9 Å². The summed E-state index contributed by atoms with van der Waals surface area (Å²) in [4.78, 5) is 11.7. The van der Waals surface area contributed by atoms with Gasteiger partial charge < -0.3 is 14.2 Å². The number of benzene rings is 1. The van der Waals surface area contributed by atoms with Crippen LogP contribution in [-0.2, 0) is 14.3 Å². The van der Waals surface area contributed by atoms with Crippen molar-refractivity contribution in [1.29, 1.82) is 0 Å². The number of esters is 1. The van der Waals surface area contributed by atoms with E-state index in [9.17, 15) is 4.79 Å². The van der Waals surface area contributed by atoms with Crippen LogP contribution in [-0.4, -0.2) is 32.4 Å². The highest BCUT2D eigenvalue weighted by Gasteiger charge is 2.33. The Morgan fingerprint density at radius 2 is 1.89 bits per heavy atom. The SMILES string of the molecule is COC(=O)[C@H]1C[C@H](Oc2ccccc2)C=C[C@H]1OC. The lowest BCUT2D eigenvalue weighted by molar-refractivity contribution is -0.150. The Morgan fingerprint density at radius 1 is 1.16 bits per heavy atom. The van der Waals surface area contributed by atoms with Crippen LogP contribution in [0.3, 0.4) is 0 Å². The van der Waals surface area contributed by atoms with Gasteiger partial charge in [0.15, 0.2) is 0 Å². The summed E-state index contributed by atoms with van der Waals surface area (Å²) in [6, 6.07) is 9.55. The topological polar surface area (TPSA) is 44.8 Å². The molecule has 19 heavy (non-hydrogen) atoms. The molecule has 1 aromatic carbocycles. The molecule has 0 bridgehead atoms. The highest BCUT2D eigenvalue weighted by molar-refractivity contribution is 5.73. The second kappa shape index (κ2) is 6.38. The van der Waals surface area contributed by atoms with Crippen molar-refractivity contribution in [1.82, 2.24) is 0 Å². The van der Waals surface area contributed by atoms with E-state index in [0.29, 0.717) is 6.42 Å². The van der Waals surface area contributed by atoms with Gasteiger partial charge >= 0.3 is 5.97 Å². The van der Waals surface area contributed by atoms with Crippen molar-refractivity contribution in [3.05, 3.63) is 42.5 Å². The summed E-state index contributed by atoms with van der Waals surface area (Å²) in [7, 11) is 2.98. The number of methoxy groups -OCH3 is 2. The summed E-state index contributed by atoms with van der Waals surface area (Å²) in [5.41, 5.74) is 0. The quantitative estimate of drug-likeness (QED) is 0.616. The standard InChI is InChI=1S/C15H18O4/c1-17-14-9-8-12(10-13(14)15(16)18-2)19-11-6-4-3-5-7-11/h3-9,12-14H,10H2,1-2H3/t12-,13+,14-/m1/s1. The molecule has 1 aliphatic carbocycles. The summed E-state index contributed by atoms with van der Waals surface area (Å²) in [6.45, 7) is 0. The third kappa shape index (κ3) is 3.35. The van der Waals surface area contributed by atoms with E-state index in [2.05, 4.69) is 0 Å². The second-order valence-corrected chi connectivity index (χ2v) is 4.42. The first-order valence-corrected chi connectivity index (χ1v) is 6.25. The molecular formula is C15H18O4. The van der Waals surface area contributed by atoms with Gasteiger partial charge in [-0.15, -0.1) is 0 Å². The normalized spacial score (nSPS) is 25.9. The van der Waals surface area contributed by atoms with Crippen molar-refractivity contribution in [3.8, 4) is 5.75 Å². The zero-order valence-electron chi connectivity index (χ0n) is 11.1. The van der Waals surface area contributed by atoms with Crippen LogP contribution < -0.4 is 4.74 Å². The third-order valence-corrected chi connectivity index (χ3v) is 3.21. The van der Waals surface area contributed by atoms with E-state index >= 15 is 0 Å². The van der Waals surface area contributed by atoms with Crippen molar-refractivity contribution in [2.45, 2.75) is 18.6 Å². The van der Waals surface area contributed by atoms with Crippen LogP contribution in [0.2, 0.25) is 0 Å². The minimum Gasteiger partial charge on any atom is -0.486 e. The lowest BCUT2D eigenvalue weighted by atomic mass is 9.90. The Morgan fingerprint density at radius 3 is 2.53 bits per heavy atom. The number of rotatable bonds is 4. The van der Waals surface area contributed by atoms with E-state index in [0.717, 1.165) is 5.75 Å². The molecular weight excluding hydrogens is 244 g/mol. The molecule has 2 rings (SSSR count). The lowest BCUT2D eigenvalue weighted by Gasteiger charge is -2.29. The van der Waals surface area contributed by atoms with E-state index in [1.807, 2.05) is 42.5 Å². The number of carbonyl (C=O) groups excluding carboxylic acids is 1. The van der Waals surface area contributed by atoms with Gasteiger partial charge in [-0.05, 0) is 18.2 Å². The molecule has 0 radical (unpaired) electrons. The van der Waals surface area contributed by atoms with Gasteiger partial charge in [-0.1, -0.05) is 24.3 Å². The van der Waals surface area contributed by atoms with E-state index in [-0.39, 0.29) is 24.1 Å². The molecule has 1 aliphatic rings. The highest BCUT2D eigenvalue weighted by atomic mass is 16.5. The fraction of sp³-hybridized carbons (Fsp3) is 0.400. The largest absolute Gasteiger partial charge is 0.486 e. The summed E-state index contributed by atoms with van der Waals surface area (Å²) >= 11 is 0. The van der Waals surface area contributed by atoms with Crippen molar-refractivity contribution in [2.75, 3.05) is 14.2 Å². The molecule has 0 N–H and O–H groups in total. The average Bonchev–Trinajstić information content (AvgIpc) is 2.47. The molecule has 4 nitrogen and oxygen atoms in total. The first-order valence-electron chi connectivity index (χ1n) is 6.25. The van der Waals surface area contributed by atoms with Crippen LogP contribution in [0.5, 0.6) is 5.75 Å². The number of hydrogen-bond donors (Lipinski definition) is 0. The molecule has 0 fully saturated rings. The molecule has 0 amide bonds. The summed E-state index contributed by atoms with van der Waals surface area (Å²) < 4.78 is 15.9. The maximum absolute atomic E-state index is 11.7. The van der Waals surface area contributed by atoms with Gasteiger partial charge in [0.25, 0.3) is 0 Å². The molecule has 4 heteroatoms. The predicted molar refractivity (Wildman–Crippen MR) is 70.9 cm³/mol. The fourth-order valence-corrected chi connectivity index (χ4v) is 2.22. The Hall–Kier alpha value is -1.81. The van der Waals surface area contributed by atoms with E-state index in [4.69, 9.17) is 14.2 Å². The van der Waals surface area contributed by atoms with Crippen molar-refractivity contribution in [2.24, 2.45) is 5.92 Å². The number of carbonyl (C=O) groups is 1. The average molecular weight is 262 g/mol. The molecule has 0 aliphatic heterocycles. The van der Waals surface area contributed by atoms with Crippen molar-refractivity contribution in [3.63, 3.8) is 0 Å². The van der Waals surface area contributed by atoms with Gasteiger partial charge in [0, 0.05) is 13.5 Å². The third-order valence-electron chi connectivity index (χ3n) is 3.21. The molecule has 102 valence electrons. The van der Waals surface area contributed by atoms with Crippen molar-refractivity contribution >= 4 is 5.97 Å². The number of para-hydroxylation sites is 1. The van der Waals surface area contributed by atoms with Crippen LogP contribution in [0.1, 0.15) is 6.42 Å². The fourth-order valence-electron chi connectivity index (χ4n) is 2.22. The summed E-state index contributed by atoms with van der Waals surface area (Å²) in [6.07, 6.45) is 3.96. The molecule has 0 unspecified atom stereocenters. The van der Waals surface area contributed by atoms with E-state index in [1.54, 1.807) is 7.11 Å². The van der Waals surface area contributed by atoms with Crippen LogP contribution >= 0.6 is 0 Å². The first kappa shape index (κ1) is 13.6. The predicted octanol–water partition coefficient (Wildman–Crippen LogP) is 2.20. The van der Waals surface area contributed by atoms with Gasteiger partial charge in [-0.25, -0.2) is 0 Å². The smallest absolute Gasteiger partial charge is 0.311 e. The number of hydrogen-bond acceptors (Lipinski definition) is 4. The molecule has 0 spiro atoms. The zero-order valence-corrected chi connectivity index (χ0v) is 11.1. The van der Waals surface area contributed by atoms with Gasteiger partial charge in [-0.3, -0.25) is 4.79 Å².